The van der Waals surface area contributed by atoms with Crippen LogP contribution in [0.25, 0.3) is 0 Å². The van der Waals surface area contributed by atoms with Crippen LogP contribution in [0.15, 0.2) is 0 Å². The van der Waals surface area contributed by atoms with Crippen molar-refractivity contribution in [3.05, 3.63) is 0 Å². The Kier molecular flexibility index (Phi) is 4.55. The number of hydrogen-bond acceptors (Lipinski definition) is 3. The minimum Gasteiger partial charge on any atom is -0.384 e. The van der Waals surface area contributed by atoms with Crippen LogP contribution in [-0.4, -0.2) is 61.5 Å². The first kappa shape index (κ1) is 12.0. The molecule has 1 rings (SSSR count). The van der Waals surface area contributed by atoms with Gasteiger partial charge in [-0.3, -0.25) is 9.59 Å². The molecule has 0 spiro atoms. The van der Waals surface area contributed by atoms with E-state index in [-0.39, 0.29) is 11.8 Å². The molecule has 15 heavy (non-hydrogen) atoms. The number of amides is 2. The predicted molar refractivity (Wildman–Crippen MR) is 55.3 cm³/mol. The standard InChI is InChI=1S/C10H18N2O3/c1-9(13)11-4-6-12(7-5-11)10(14)3-8-15-2/h3-8H2,1-2H3. The number of ether oxygens (including phenoxy) is 1. The first-order valence-corrected chi connectivity index (χ1v) is 5.17. The second-order valence-corrected chi connectivity index (χ2v) is 3.63. The van der Waals surface area contributed by atoms with E-state index in [1.165, 1.54) is 0 Å². The Bertz CT molecular complexity index is 235. The molecule has 1 aliphatic heterocycles. The van der Waals surface area contributed by atoms with Crippen molar-refractivity contribution in [1.82, 2.24) is 9.80 Å². The summed E-state index contributed by atoms with van der Waals surface area (Å²) in [5, 5.41) is 0. The van der Waals surface area contributed by atoms with E-state index in [1.807, 2.05) is 0 Å². The molecule has 5 heteroatoms. The Morgan fingerprint density at radius 1 is 1.13 bits per heavy atom. The molecular formula is C10H18N2O3. The van der Waals surface area contributed by atoms with E-state index < -0.39 is 0 Å². The highest BCUT2D eigenvalue weighted by Gasteiger charge is 2.21. The molecule has 0 N–H and O–H groups in total. The number of carbonyl (C=O) groups is 2. The highest BCUT2D eigenvalue weighted by Crippen LogP contribution is 2.03. The van der Waals surface area contributed by atoms with Gasteiger partial charge in [0.2, 0.25) is 11.8 Å². The molecule has 0 atom stereocenters. The maximum Gasteiger partial charge on any atom is 0.225 e. The van der Waals surface area contributed by atoms with Crippen LogP contribution < -0.4 is 0 Å². The lowest BCUT2D eigenvalue weighted by atomic mass is 10.3. The summed E-state index contributed by atoms with van der Waals surface area (Å²) in [4.78, 5) is 26.2. The van der Waals surface area contributed by atoms with E-state index in [0.717, 1.165) is 0 Å². The average molecular weight is 214 g/mol. The Labute approximate surface area is 90.0 Å². The van der Waals surface area contributed by atoms with Gasteiger partial charge in [-0.15, -0.1) is 0 Å². The van der Waals surface area contributed by atoms with Crippen LogP contribution in [0.2, 0.25) is 0 Å². The molecule has 0 aliphatic carbocycles. The van der Waals surface area contributed by atoms with E-state index in [2.05, 4.69) is 0 Å². The van der Waals surface area contributed by atoms with E-state index >= 15 is 0 Å². The Hall–Kier alpha value is -1.10. The molecule has 1 aliphatic rings. The minimum atomic E-state index is 0.0824. The summed E-state index contributed by atoms with van der Waals surface area (Å²) in [6.07, 6.45) is 0.427. The second kappa shape index (κ2) is 5.70. The van der Waals surface area contributed by atoms with Gasteiger partial charge in [0.25, 0.3) is 0 Å². The lowest BCUT2D eigenvalue weighted by molar-refractivity contribution is -0.139. The van der Waals surface area contributed by atoms with Gasteiger partial charge in [0.15, 0.2) is 0 Å². The van der Waals surface area contributed by atoms with Gasteiger partial charge in [0.05, 0.1) is 13.0 Å². The van der Waals surface area contributed by atoms with Gasteiger partial charge in [-0.25, -0.2) is 0 Å². The van der Waals surface area contributed by atoms with Crippen molar-refractivity contribution < 1.29 is 14.3 Å². The molecule has 0 unspecified atom stereocenters. The predicted octanol–water partition coefficient (Wildman–Crippen LogP) is -0.286. The molecule has 5 nitrogen and oxygen atoms in total. The molecule has 2 amide bonds. The van der Waals surface area contributed by atoms with Crippen molar-refractivity contribution in [3.63, 3.8) is 0 Å². The zero-order chi connectivity index (χ0) is 11.3. The lowest BCUT2D eigenvalue weighted by Gasteiger charge is -2.34. The SMILES string of the molecule is COCCC(=O)N1CCN(C(C)=O)CC1. The Morgan fingerprint density at radius 3 is 2.13 bits per heavy atom. The molecule has 0 saturated carbocycles. The number of nitrogens with zero attached hydrogens (tertiary/aromatic N) is 2. The summed E-state index contributed by atoms with van der Waals surface area (Å²) >= 11 is 0. The van der Waals surface area contributed by atoms with Crippen molar-refractivity contribution in [3.8, 4) is 0 Å². The van der Waals surface area contributed by atoms with Crippen molar-refractivity contribution in [2.45, 2.75) is 13.3 Å². The molecule has 0 aromatic carbocycles. The zero-order valence-electron chi connectivity index (χ0n) is 9.36. The van der Waals surface area contributed by atoms with Crippen LogP contribution in [0.1, 0.15) is 13.3 Å². The van der Waals surface area contributed by atoms with Crippen LogP contribution in [0.3, 0.4) is 0 Å². The molecule has 0 radical (unpaired) electrons. The van der Waals surface area contributed by atoms with E-state index in [4.69, 9.17) is 4.74 Å². The third-order valence-corrected chi connectivity index (χ3v) is 2.60. The normalized spacial score (nSPS) is 16.7. The maximum atomic E-state index is 11.6. The molecule has 86 valence electrons. The van der Waals surface area contributed by atoms with E-state index in [9.17, 15) is 9.59 Å². The van der Waals surface area contributed by atoms with Crippen LogP contribution in [0, 0.1) is 0 Å². The van der Waals surface area contributed by atoms with Crippen LogP contribution in [0.5, 0.6) is 0 Å². The number of methoxy groups -OCH3 is 1. The molecule has 0 aromatic rings. The van der Waals surface area contributed by atoms with Crippen molar-refractivity contribution in [1.29, 1.82) is 0 Å². The lowest BCUT2D eigenvalue weighted by Crippen LogP contribution is -2.50. The first-order valence-electron chi connectivity index (χ1n) is 5.17. The maximum absolute atomic E-state index is 11.6. The largest absolute Gasteiger partial charge is 0.384 e. The Morgan fingerprint density at radius 2 is 1.67 bits per heavy atom. The van der Waals surface area contributed by atoms with E-state index in [1.54, 1.807) is 23.8 Å². The first-order chi connectivity index (χ1) is 7.15. The molecule has 1 saturated heterocycles. The number of piperazine rings is 1. The summed E-state index contributed by atoms with van der Waals surface area (Å²) in [6.45, 7) is 4.60. The summed E-state index contributed by atoms with van der Waals surface area (Å²) in [6, 6.07) is 0. The van der Waals surface area contributed by atoms with Crippen LogP contribution in [0.4, 0.5) is 0 Å². The minimum absolute atomic E-state index is 0.0824. The van der Waals surface area contributed by atoms with Gasteiger partial charge >= 0.3 is 0 Å². The fraction of sp³-hybridized carbons (Fsp3) is 0.800. The summed E-state index contributed by atoms with van der Waals surface area (Å²) in [5.74, 6) is 0.194. The van der Waals surface area contributed by atoms with Gasteiger partial charge < -0.3 is 14.5 Å². The molecule has 1 heterocycles. The number of carbonyl (C=O) groups excluding carboxylic acids is 2. The van der Waals surface area contributed by atoms with Crippen LogP contribution in [-0.2, 0) is 14.3 Å². The van der Waals surface area contributed by atoms with Crippen LogP contribution >= 0.6 is 0 Å². The van der Waals surface area contributed by atoms with Gasteiger partial charge in [0.1, 0.15) is 0 Å². The Balaban J connectivity index is 2.30. The molecular weight excluding hydrogens is 196 g/mol. The quantitative estimate of drug-likeness (QED) is 0.649. The van der Waals surface area contributed by atoms with Gasteiger partial charge in [-0.1, -0.05) is 0 Å². The molecule has 0 aromatic heterocycles. The highest BCUT2D eigenvalue weighted by atomic mass is 16.5. The number of rotatable bonds is 3. The average Bonchev–Trinajstić information content (AvgIpc) is 2.26. The fourth-order valence-electron chi connectivity index (χ4n) is 1.62. The fourth-order valence-corrected chi connectivity index (χ4v) is 1.62. The zero-order valence-corrected chi connectivity index (χ0v) is 9.36. The monoisotopic (exact) mass is 214 g/mol. The molecule has 0 bridgehead atoms. The third kappa shape index (κ3) is 3.51. The van der Waals surface area contributed by atoms with Gasteiger partial charge in [0, 0.05) is 40.2 Å². The van der Waals surface area contributed by atoms with Crippen molar-refractivity contribution >= 4 is 11.8 Å². The summed E-state index contributed by atoms with van der Waals surface area (Å²) in [5.41, 5.74) is 0. The second-order valence-electron chi connectivity index (χ2n) is 3.63. The smallest absolute Gasteiger partial charge is 0.225 e. The summed E-state index contributed by atoms with van der Waals surface area (Å²) in [7, 11) is 1.58. The van der Waals surface area contributed by atoms with Crippen molar-refractivity contribution in [2.24, 2.45) is 0 Å². The van der Waals surface area contributed by atoms with E-state index in [0.29, 0.717) is 39.2 Å². The number of hydrogen-bond donors (Lipinski definition) is 0. The topological polar surface area (TPSA) is 49.9 Å². The van der Waals surface area contributed by atoms with Crippen molar-refractivity contribution in [2.75, 3.05) is 39.9 Å². The highest BCUT2D eigenvalue weighted by molar-refractivity contribution is 5.77. The third-order valence-electron chi connectivity index (χ3n) is 2.60. The van der Waals surface area contributed by atoms with Gasteiger partial charge in [-0.05, 0) is 0 Å². The van der Waals surface area contributed by atoms with Gasteiger partial charge in [-0.2, -0.15) is 0 Å². The summed E-state index contributed by atoms with van der Waals surface area (Å²) < 4.78 is 4.85. The molecule has 1 fully saturated rings.